The van der Waals surface area contributed by atoms with Crippen LogP contribution in [0.4, 0.5) is 0 Å². The summed E-state index contributed by atoms with van der Waals surface area (Å²) in [5, 5.41) is 7.00. The van der Waals surface area contributed by atoms with Gasteiger partial charge in [0.1, 0.15) is 6.10 Å². The van der Waals surface area contributed by atoms with Gasteiger partial charge in [0.15, 0.2) is 0 Å². The Kier molecular flexibility index (Phi) is 8.95. The predicted molar refractivity (Wildman–Crippen MR) is 176 cm³/mol. The van der Waals surface area contributed by atoms with Crippen LogP contribution in [-0.4, -0.2) is 65.4 Å². The van der Waals surface area contributed by atoms with Crippen LogP contribution in [0.5, 0.6) is 0 Å². The van der Waals surface area contributed by atoms with E-state index in [4.69, 9.17) is 14.6 Å². The Bertz CT molecular complexity index is 1240. The minimum atomic E-state index is -0.224. The molecule has 1 aromatic heterocycles. The van der Waals surface area contributed by atoms with Crippen molar-refractivity contribution in [3.8, 4) is 0 Å². The van der Waals surface area contributed by atoms with Crippen molar-refractivity contribution in [2.45, 2.75) is 130 Å². The molecule has 6 unspecified atom stereocenters. The van der Waals surface area contributed by atoms with Crippen LogP contribution in [-0.2, 0) is 14.3 Å². The molecule has 10 atom stereocenters. The van der Waals surface area contributed by atoms with E-state index in [0.717, 1.165) is 57.7 Å². The molecule has 1 aromatic rings. The fraction of sp³-hybridized carbons (Fsp3) is 0.816. The fourth-order valence-corrected chi connectivity index (χ4v) is 12.3. The van der Waals surface area contributed by atoms with Crippen LogP contribution in [0.15, 0.2) is 24.5 Å². The van der Waals surface area contributed by atoms with Crippen LogP contribution in [0, 0.1) is 45.3 Å². The van der Waals surface area contributed by atoms with Gasteiger partial charge in [-0.1, -0.05) is 34.1 Å². The fourth-order valence-electron chi connectivity index (χ4n) is 12.3. The molecule has 0 radical (unpaired) electrons. The number of aliphatic hydroxyl groups excluding tert-OH is 1. The standard InChI is InChI=1S/C37H54N2O4.CH4O.H2/c1-6-7-19-39(24(2)40)22-26-10-11-28-30(42-26)20-29-27-12-13-31-34(3,4)32(43-33(41)25-9-8-18-38-21-25)14-15-37(31)23-36(27,37)17-16-35(28,29)5;1-2;/h8-9,18,21,26-32H,6-7,10-17,19-20,22-23H2,1-5H3;2H,1H3;1H/t26?,27?,28?,29?,30?,31?,32-,35+,36-,37+;;/m0../s1. The number of hydrogen-bond donors (Lipinski definition) is 1. The van der Waals surface area contributed by atoms with Gasteiger partial charge in [-0.3, -0.25) is 9.78 Å². The smallest absolute Gasteiger partial charge is 0.339 e. The average Bonchev–Trinajstić information content (AvgIpc) is 3.61. The van der Waals surface area contributed by atoms with Crippen molar-refractivity contribution >= 4 is 11.9 Å². The SMILES string of the molecule is CCCCN(CC1CCC2C(CC3C4CCC5C(C)(C)[C@@H](OC(=O)c6cccnc6)CC[C@@]56C[C@@]46CC[C@]23C)O1)C(C)=O.CO.[HH]. The molecule has 0 aromatic carbocycles. The van der Waals surface area contributed by atoms with Gasteiger partial charge in [0.05, 0.1) is 17.8 Å². The second-order valence-corrected chi connectivity index (χ2v) is 16.4. The van der Waals surface area contributed by atoms with E-state index in [-0.39, 0.29) is 30.9 Å². The molecule has 1 saturated heterocycles. The molecule has 45 heavy (non-hydrogen) atoms. The number of carbonyl (C=O) groups excluding carboxylic acids is 2. The monoisotopic (exact) mass is 624 g/mol. The van der Waals surface area contributed by atoms with Crippen LogP contribution in [0.2, 0.25) is 0 Å². The quantitative estimate of drug-likeness (QED) is 0.320. The number of pyridine rings is 1. The Morgan fingerprint density at radius 3 is 2.53 bits per heavy atom. The summed E-state index contributed by atoms with van der Waals surface area (Å²) in [5.41, 5.74) is 1.83. The topological polar surface area (TPSA) is 89.0 Å². The molecule has 7 heteroatoms. The zero-order valence-electron chi connectivity index (χ0n) is 28.7. The molecule has 6 aliphatic rings. The van der Waals surface area contributed by atoms with Gasteiger partial charge < -0.3 is 19.5 Å². The van der Waals surface area contributed by atoms with Crippen molar-refractivity contribution in [2.24, 2.45) is 45.3 Å². The molecule has 5 saturated carbocycles. The number of fused-ring (bicyclic) bond motifs is 4. The lowest BCUT2D eigenvalue weighted by Crippen LogP contribution is -2.55. The molecule has 7 rings (SSSR count). The molecule has 5 aliphatic carbocycles. The second kappa shape index (κ2) is 12.2. The van der Waals surface area contributed by atoms with Crippen LogP contribution in [0.3, 0.4) is 0 Å². The van der Waals surface area contributed by atoms with Gasteiger partial charge >= 0.3 is 5.97 Å². The first-order chi connectivity index (χ1) is 21.6. The number of hydrogen-bond acceptors (Lipinski definition) is 6. The van der Waals surface area contributed by atoms with Crippen molar-refractivity contribution in [3.05, 3.63) is 30.1 Å². The van der Waals surface area contributed by atoms with E-state index < -0.39 is 0 Å². The summed E-state index contributed by atoms with van der Waals surface area (Å²) in [4.78, 5) is 31.5. The Balaban J connectivity index is 0.00000136. The van der Waals surface area contributed by atoms with Crippen LogP contribution < -0.4 is 0 Å². The number of aromatic nitrogens is 1. The van der Waals surface area contributed by atoms with E-state index in [2.05, 4.69) is 32.7 Å². The van der Waals surface area contributed by atoms with Gasteiger partial charge in [-0.25, -0.2) is 4.79 Å². The summed E-state index contributed by atoms with van der Waals surface area (Å²) in [5.74, 6) is 2.80. The van der Waals surface area contributed by atoms with Crippen LogP contribution >= 0.6 is 0 Å². The van der Waals surface area contributed by atoms with Crippen molar-refractivity contribution in [1.82, 2.24) is 9.88 Å². The highest BCUT2D eigenvalue weighted by molar-refractivity contribution is 5.89. The number of aliphatic hydroxyl groups is 1. The van der Waals surface area contributed by atoms with Gasteiger partial charge in [-0.05, 0) is 123 Å². The summed E-state index contributed by atoms with van der Waals surface area (Å²) >= 11 is 0. The highest BCUT2D eigenvalue weighted by Crippen LogP contribution is 2.87. The third-order valence-corrected chi connectivity index (χ3v) is 14.4. The molecule has 2 spiro atoms. The largest absolute Gasteiger partial charge is 0.458 e. The van der Waals surface area contributed by atoms with Gasteiger partial charge in [0.2, 0.25) is 5.91 Å². The van der Waals surface area contributed by atoms with Gasteiger partial charge in [-0.2, -0.15) is 0 Å². The number of unbranched alkanes of at least 4 members (excludes halogenated alkanes) is 1. The van der Waals surface area contributed by atoms with E-state index in [1.54, 1.807) is 19.3 Å². The summed E-state index contributed by atoms with van der Waals surface area (Å²) in [6.07, 6.45) is 18.4. The highest BCUT2D eigenvalue weighted by atomic mass is 16.5. The van der Waals surface area contributed by atoms with Crippen molar-refractivity contribution in [3.63, 3.8) is 0 Å². The zero-order valence-corrected chi connectivity index (χ0v) is 28.7. The minimum absolute atomic E-state index is 0. The Morgan fingerprint density at radius 1 is 1.04 bits per heavy atom. The molecular formula is C38H60N2O5. The predicted octanol–water partition coefficient (Wildman–Crippen LogP) is 7.32. The maximum atomic E-state index is 13.0. The first-order valence-corrected chi connectivity index (χ1v) is 18.0. The third kappa shape index (κ3) is 5.17. The molecule has 1 N–H and O–H groups in total. The lowest BCUT2D eigenvalue weighted by molar-refractivity contribution is -0.140. The van der Waals surface area contributed by atoms with Crippen LogP contribution in [0.25, 0.3) is 0 Å². The lowest BCUT2D eigenvalue weighted by Gasteiger charge is -2.59. The number of nitrogens with zero attached hydrogens (tertiary/aromatic N) is 2. The number of ether oxygens (including phenoxy) is 2. The summed E-state index contributed by atoms with van der Waals surface area (Å²) < 4.78 is 13.2. The second-order valence-electron chi connectivity index (χ2n) is 16.4. The molecule has 7 nitrogen and oxygen atoms in total. The Hall–Kier alpha value is -1.99. The van der Waals surface area contributed by atoms with E-state index >= 15 is 0 Å². The van der Waals surface area contributed by atoms with Gasteiger partial charge in [0.25, 0.3) is 0 Å². The number of carbonyl (C=O) groups is 2. The Labute approximate surface area is 272 Å². The molecule has 0 bridgehead atoms. The lowest BCUT2D eigenvalue weighted by atomic mass is 9.46. The van der Waals surface area contributed by atoms with E-state index in [9.17, 15) is 9.59 Å². The molecule has 1 aliphatic heterocycles. The first-order valence-electron chi connectivity index (χ1n) is 18.0. The zero-order chi connectivity index (χ0) is 32.2. The van der Waals surface area contributed by atoms with E-state index in [1.165, 1.54) is 51.4 Å². The van der Waals surface area contributed by atoms with E-state index in [0.29, 0.717) is 39.7 Å². The number of rotatable bonds is 7. The molecule has 252 valence electrons. The first kappa shape index (κ1) is 32.9. The van der Waals surface area contributed by atoms with Crippen molar-refractivity contribution < 1.29 is 25.6 Å². The van der Waals surface area contributed by atoms with Crippen LogP contribution in [0.1, 0.15) is 123 Å². The maximum Gasteiger partial charge on any atom is 0.339 e. The summed E-state index contributed by atoms with van der Waals surface area (Å²) in [6.45, 7) is 12.9. The molecular weight excluding hydrogens is 564 g/mol. The van der Waals surface area contributed by atoms with Gasteiger partial charge in [0, 0.05) is 46.4 Å². The third-order valence-electron chi connectivity index (χ3n) is 14.4. The van der Waals surface area contributed by atoms with Crippen molar-refractivity contribution in [2.75, 3.05) is 20.2 Å². The molecule has 1 amide bonds. The summed E-state index contributed by atoms with van der Waals surface area (Å²) in [6, 6.07) is 3.62. The normalized spacial score (nSPS) is 41.9. The number of esters is 1. The Morgan fingerprint density at radius 2 is 1.82 bits per heavy atom. The van der Waals surface area contributed by atoms with Gasteiger partial charge in [-0.15, -0.1) is 0 Å². The molecule has 6 fully saturated rings. The highest BCUT2D eigenvalue weighted by Gasteiger charge is 2.80. The average molecular weight is 625 g/mol. The summed E-state index contributed by atoms with van der Waals surface area (Å²) in [7, 11) is 1.00. The minimum Gasteiger partial charge on any atom is -0.458 e. The number of amides is 1. The van der Waals surface area contributed by atoms with E-state index in [1.807, 2.05) is 17.0 Å². The van der Waals surface area contributed by atoms with Crippen molar-refractivity contribution in [1.29, 1.82) is 0 Å². The maximum absolute atomic E-state index is 13.0. The molecule has 2 heterocycles.